The summed E-state index contributed by atoms with van der Waals surface area (Å²) in [6.45, 7) is 0. The minimum atomic E-state index is 0.707. The van der Waals surface area contributed by atoms with Crippen LogP contribution in [-0.4, -0.2) is 38.3 Å². The molecule has 0 atom stereocenters. The predicted octanol–water partition coefficient (Wildman–Crippen LogP) is 25.7. The van der Waals surface area contributed by atoms with Gasteiger partial charge < -0.3 is 18.4 Å². The topological polar surface area (TPSA) is 81.1 Å². The quantitative estimate of drug-likeness (QED) is 0.186. The number of nitrogens with zero attached hydrogens (tertiary/aromatic N) is 7. The molecule has 10 aromatic heterocycles. The van der Waals surface area contributed by atoms with E-state index in [1.165, 1.54) is 140 Å². The standard InChI is InChI=1S/C46H26N4S.C24H14N2.C22H13ClN2S/c1-2-12-27(13-3-1)41-45-42(33-17-7-11-21-39(33)51-45)48-46(47-41)28-22-24-29(25-23-28)49-36-18-8-4-14-30(36)34-26-35-31-15-5-9-19-37(31)50-38-20-10-6-16-32(38)40(43(34)49)44(35)50;1-4-10-19-14(7-1)17-13-18-15-8-2-5-11-20(15)26-21-12-6-3-9-16(21)22(24(18)26)23(17)25-19;23-16-12-10-15(11-13-16)22-24-19(14-6-2-1-3-7-14)21-20(25-22)17-8-4-5-9-18(17)26-21/h1-26H;1-13,25H;1-13H. The molecule has 0 saturated carbocycles. The fourth-order valence-electron chi connectivity index (χ4n) is 16.4. The van der Waals surface area contributed by atoms with Gasteiger partial charge in [0.2, 0.25) is 0 Å². The van der Waals surface area contributed by atoms with Crippen LogP contribution in [0.1, 0.15) is 0 Å². The van der Waals surface area contributed by atoms with Crippen molar-refractivity contribution in [2.75, 3.05) is 0 Å². The van der Waals surface area contributed by atoms with Crippen molar-refractivity contribution in [1.82, 2.24) is 38.3 Å². The van der Waals surface area contributed by atoms with Crippen LogP contribution in [-0.2, 0) is 0 Å². The fraction of sp³-hybridized carbons (Fsp3) is 0. The van der Waals surface area contributed by atoms with Gasteiger partial charge in [-0.15, -0.1) is 22.7 Å². The van der Waals surface area contributed by atoms with Gasteiger partial charge >= 0.3 is 0 Å². The Labute approximate surface area is 600 Å². The monoisotopic (exact) mass is 1370 g/mol. The van der Waals surface area contributed by atoms with Crippen molar-refractivity contribution < 1.29 is 0 Å². The Morgan fingerprint density at radius 1 is 0.291 bits per heavy atom. The first-order valence-electron chi connectivity index (χ1n) is 34.5. The molecule has 0 fully saturated rings. The zero-order valence-electron chi connectivity index (χ0n) is 54.8. The van der Waals surface area contributed by atoms with E-state index in [0.29, 0.717) is 5.02 Å². The van der Waals surface area contributed by atoms with Crippen LogP contribution in [0, 0.1) is 0 Å². The molecule has 1 N–H and O–H groups in total. The molecule has 14 aromatic carbocycles. The summed E-state index contributed by atoms with van der Waals surface area (Å²) in [6, 6.07) is 112. The smallest absolute Gasteiger partial charge is 0.160 e. The van der Waals surface area contributed by atoms with Gasteiger partial charge in [0.1, 0.15) is 0 Å². The van der Waals surface area contributed by atoms with E-state index in [1.54, 1.807) is 22.7 Å². The van der Waals surface area contributed by atoms with E-state index in [2.05, 4.69) is 291 Å². The predicted molar refractivity (Wildman–Crippen MR) is 436 cm³/mol. The Morgan fingerprint density at radius 2 is 0.680 bits per heavy atom. The summed E-state index contributed by atoms with van der Waals surface area (Å²) in [5.41, 5.74) is 21.7. The Balaban J connectivity index is 0.000000108. The molecule has 0 spiro atoms. The van der Waals surface area contributed by atoms with Crippen molar-refractivity contribution >= 4 is 195 Å². The molecule has 11 heteroatoms. The minimum absolute atomic E-state index is 0.707. The average Bonchev–Trinajstić information content (AvgIpc) is 1.52. The minimum Gasteiger partial charge on any atom is -0.354 e. The number of hydrogen-bond donors (Lipinski definition) is 1. The zero-order valence-corrected chi connectivity index (χ0v) is 57.2. The molecule has 0 amide bonds. The molecule has 10 heterocycles. The van der Waals surface area contributed by atoms with Crippen LogP contribution in [0.3, 0.4) is 0 Å². The van der Waals surface area contributed by atoms with Crippen molar-refractivity contribution in [3.05, 3.63) is 320 Å². The van der Waals surface area contributed by atoms with Crippen molar-refractivity contribution in [3.8, 4) is 51.0 Å². The Kier molecular flexibility index (Phi) is 12.7. The zero-order chi connectivity index (χ0) is 67.5. The number of aromatic amines is 1. The lowest BCUT2D eigenvalue weighted by atomic mass is 10.0. The third kappa shape index (κ3) is 8.69. The fourth-order valence-corrected chi connectivity index (χ4v) is 18.9. The summed E-state index contributed by atoms with van der Waals surface area (Å²) in [5, 5.41) is 18.6. The largest absolute Gasteiger partial charge is 0.354 e. The van der Waals surface area contributed by atoms with Crippen LogP contribution in [0.15, 0.2) is 315 Å². The molecule has 0 aliphatic carbocycles. The van der Waals surface area contributed by atoms with E-state index >= 15 is 0 Å². The van der Waals surface area contributed by atoms with Gasteiger partial charge in [-0.2, -0.15) is 0 Å². The summed E-state index contributed by atoms with van der Waals surface area (Å²) in [7, 11) is 0. The van der Waals surface area contributed by atoms with Crippen LogP contribution in [0.4, 0.5) is 0 Å². The van der Waals surface area contributed by atoms with Gasteiger partial charge in [-0.3, -0.25) is 0 Å². The molecule has 24 aromatic rings. The van der Waals surface area contributed by atoms with Gasteiger partial charge in [-0.1, -0.05) is 218 Å². The lowest BCUT2D eigenvalue weighted by Crippen LogP contribution is -1.96. The van der Waals surface area contributed by atoms with Crippen molar-refractivity contribution in [2.24, 2.45) is 0 Å². The van der Waals surface area contributed by atoms with Crippen molar-refractivity contribution in [1.29, 1.82) is 0 Å². The van der Waals surface area contributed by atoms with E-state index in [4.69, 9.17) is 31.5 Å². The number of halogens is 1. The number of H-pyrrole nitrogens is 1. The maximum Gasteiger partial charge on any atom is 0.160 e. The molecular weight excluding hydrogens is 1320 g/mol. The average molecular weight is 1370 g/mol. The van der Waals surface area contributed by atoms with Crippen LogP contribution in [0.2, 0.25) is 5.02 Å². The number of thiophene rings is 2. The number of benzene rings is 14. The molecule has 480 valence electrons. The molecule has 0 unspecified atom stereocenters. The highest BCUT2D eigenvalue weighted by molar-refractivity contribution is 7.26. The van der Waals surface area contributed by atoms with Crippen LogP contribution in [0.5, 0.6) is 0 Å². The number of rotatable bonds is 5. The number of fused-ring (bicyclic) bond motifs is 26. The summed E-state index contributed by atoms with van der Waals surface area (Å²) in [6.07, 6.45) is 0. The second-order valence-electron chi connectivity index (χ2n) is 26.5. The highest BCUT2D eigenvalue weighted by atomic mass is 35.5. The molecule has 24 rings (SSSR count). The van der Waals surface area contributed by atoms with Crippen LogP contribution < -0.4 is 0 Å². The second-order valence-corrected chi connectivity index (χ2v) is 29.0. The molecular formula is C92H53ClN8S2. The lowest BCUT2D eigenvalue weighted by Gasteiger charge is -2.11. The second kappa shape index (κ2) is 22.6. The first-order valence-corrected chi connectivity index (χ1v) is 36.6. The van der Waals surface area contributed by atoms with Crippen LogP contribution in [0.25, 0.3) is 211 Å². The Morgan fingerprint density at radius 3 is 1.21 bits per heavy atom. The molecule has 0 aliphatic heterocycles. The van der Waals surface area contributed by atoms with Gasteiger partial charge in [-0.25, -0.2) is 19.9 Å². The Hall–Kier alpha value is -12.8. The highest BCUT2D eigenvalue weighted by Crippen LogP contribution is 2.49. The van der Waals surface area contributed by atoms with Gasteiger partial charge in [0.05, 0.1) is 81.5 Å². The first kappa shape index (κ1) is 58.0. The maximum atomic E-state index is 6.04. The maximum absolute atomic E-state index is 6.04. The van der Waals surface area contributed by atoms with Gasteiger partial charge in [0.25, 0.3) is 0 Å². The molecule has 0 aliphatic rings. The van der Waals surface area contributed by atoms with Crippen molar-refractivity contribution in [2.45, 2.75) is 0 Å². The van der Waals surface area contributed by atoms with Crippen LogP contribution >= 0.6 is 34.3 Å². The lowest BCUT2D eigenvalue weighted by molar-refractivity contribution is 1.18. The SMILES string of the molecule is Clc1ccc(-c2nc(-c3ccccc3)c3sc4ccccc4c3n2)cc1.c1ccc(-c2nc(-c3ccc(-n4c5ccccc5c5cc6c7ccccc7n7c8ccccc8c(c54)c67)cc3)nc3c2sc2ccccc23)cc1.c1ccc2c(c1)[nH]c1c2cc2c3ccccc3n3c4ccccc4c1c23. The number of hydrogen-bond acceptors (Lipinski definition) is 6. The van der Waals surface area contributed by atoms with Gasteiger partial charge in [0.15, 0.2) is 11.6 Å². The summed E-state index contributed by atoms with van der Waals surface area (Å²) >= 11 is 9.55. The van der Waals surface area contributed by atoms with Gasteiger partial charge in [0, 0.05) is 123 Å². The normalized spacial score (nSPS) is 12.1. The first-order chi connectivity index (χ1) is 51.0. The molecule has 103 heavy (non-hydrogen) atoms. The van der Waals surface area contributed by atoms with Gasteiger partial charge in [-0.05, 0) is 109 Å². The summed E-state index contributed by atoms with van der Waals surface area (Å²) in [5.74, 6) is 1.45. The van der Waals surface area contributed by atoms with E-state index in [0.717, 1.165) is 71.4 Å². The highest BCUT2D eigenvalue weighted by Gasteiger charge is 2.26. The molecule has 0 saturated heterocycles. The van der Waals surface area contributed by atoms with E-state index in [1.807, 2.05) is 42.5 Å². The van der Waals surface area contributed by atoms with E-state index in [-0.39, 0.29) is 0 Å². The third-order valence-corrected chi connectivity index (χ3v) is 23.5. The molecule has 0 radical (unpaired) electrons. The van der Waals surface area contributed by atoms with E-state index < -0.39 is 0 Å². The number of para-hydroxylation sites is 6. The Bertz CT molecular complexity index is 7550. The third-order valence-electron chi connectivity index (χ3n) is 20.9. The molecule has 0 bridgehead atoms. The van der Waals surface area contributed by atoms with E-state index in [9.17, 15) is 0 Å². The number of aromatic nitrogens is 8. The summed E-state index contributed by atoms with van der Waals surface area (Å²) in [4.78, 5) is 24.0. The summed E-state index contributed by atoms with van der Waals surface area (Å²) < 4.78 is 12.0. The number of nitrogens with one attached hydrogen (secondary N) is 1. The molecule has 8 nitrogen and oxygen atoms in total. The van der Waals surface area contributed by atoms with Crippen molar-refractivity contribution in [3.63, 3.8) is 0 Å².